The molecule has 1 aliphatic heterocycles. The van der Waals surface area contributed by atoms with Gasteiger partial charge < -0.3 is 10.2 Å². The van der Waals surface area contributed by atoms with Crippen molar-refractivity contribution < 1.29 is 4.79 Å². The van der Waals surface area contributed by atoms with Gasteiger partial charge >= 0.3 is 5.69 Å². The highest BCUT2D eigenvalue weighted by Crippen LogP contribution is 2.23. The molecule has 0 bridgehead atoms. The van der Waals surface area contributed by atoms with Crippen LogP contribution in [0.15, 0.2) is 15.7 Å². The standard InChI is InChI=1S/C19H30N4O3/c1-21-16(12-17(24)22(2)19(21)26)23-11-7-8-14(13-23)18(25)20-15-9-5-3-4-6-10-15/h12,14-15H,3-11,13H2,1-2H3,(H,20,25)/t14-/m1/s1. The van der Waals surface area contributed by atoms with E-state index in [0.717, 1.165) is 36.8 Å². The molecule has 7 nitrogen and oxygen atoms in total. The van der Waals surface area contributed by atoms with E-state index < -0.39 is 0 Å². The van der Waals surface area contributed by atoms with Gasteiger partial charge in [0, 0.05) is 39.3 Å². The summed E-state index contributed by atoms with van der Waals surface area (Å²) in [5.41, 5.74) is -0.648. The maximum Gasteiger partial charge on any atom is 0.332 e. The van der Waals surface area contributed by atoms with Crippen LogP contribution in [0.3, 0.4) is 0 Å². The SMILES string of the molecule is Cn1c(N2CCC[C@@H](C(=O)NC3CCCCCC3)C2)cc(=O)n(C)c1=O. The number of carbonyl (C=O) groups excluding carboxylic acids is 1. The molecule has 7 heteroatoms. The Kier molecular flexibility index (Phi) is 5.84. The van der Waals surface area contributed by atoms with Crippen LogP contribution in [0.1, 0.15) is 51.4 Å². The molecule has 1 saturated carbocycles. The number of hydrogen-bond acceptors (Lipinski definition) is 4. The molecule has 0 aromatic carbocycles. The van der Waals surface area contributed by atoms with Crippen LogP contribution in [-0.4, -0.2) is 34.2 Å². The Balaban J connectivity index is 1.70. The zero-order valence-electron chi connectivity index (χ0n) is 15.9. The van der Waals surface area contributed by atoms with Crippen LogP contribution in [0.25, 0.3) is 0 Å². The van der Waals surface area contributed by atoms with E-state index in [0.29, 0.717) is 18.4 Å². The van der Waals surface area contributed by atoms with Crippen molar-refractivity contribution in [1.82, 2.24) is 14.5 Å². The van der Waals surface area contributed by atoms with Gasteiger partial charge in [0.1, 0.15) is 5.82 Å². The highest BCUT2D eigenvalue weighted by atomic mass is 16.2. The summed E-state index contributed by atoms with van der Waals surface area (Å²) in [5, 5.41) is 3.25. The first-order chi connectivity index (χ1) is 12.5. The number of nitrogens with one attached hydrogen (secondary N) is 1. The van der Waals surface area contributed by atoms with Crippen LogP contribution in [0.2, 0.25) is 0 Å². The third-order valence-corrected chi connectivity index (χ3v) is 5.82. The molecular weight excluding hydrogens is 332 g/mol. The lowest BCUT2D eigenvalue weighted by Gasteiger charge is -2.35. The van der Waals surface area contributed by atoms with Crippen molar-refractivity contribution in [3.8, 4) is 0 Å². The molecule has 1 atom stereocenters. The van der Waals surface area contributed by atoms with Gasteiger partial charge in [-0.15, -0.1) is 0 Å². The summed E-state index contributed by atoms with van der Waals surface area (Å²) in [5.74, 6) is 0.631. The van der Waals surface area contributed by atoms with Crippen LogP contribution < -0.4 is 21.5 Å². The van der Waals surface area contributed by atoms with Gasteiger partial charge in [-0.2, -0.15) is 0 Å². The van der Waals surface area contributed by atoms with Crippen LogP contribution in [0, 0.1) is 5.92 Å². The van der Waals surface area contributed by atoms with Crippen LogP contribution in [0.4, 0.5) is 5.82 Å². The number of anilines is 1. The summed E-state index contributed by atoms with van der Waals surface area (Å²) >= 11 is 0. The van der Waals surface area contributed by atoms with Crippen LogP contribution in [-0.2, 0) is 18.9 Å². The molecule has 0 unspecified atom stereocenters. The van der Waals surface area contributed by atoms with E-state index in [4.69, 9.17) is 0 Å². The largest absolute Gasteiger partial charge is 0.357 e. The van der Waals surface area contributed by atoms with Crippen LogP contribution in [0.5, 0.6) is 0 Å². The Morgan fingerprint density at radius 2 is 1.69 bits per heavy atom. The van der Waals surface area contributed by atoms with Gasteiger partial charge in [-0.1, -0.05) is 25.7 Å². The van der Waals surface area contributed by atoms with E-state index in [9.17, 15) is 14.4 Å². The first-order valence-corrected chi connectivity index (χ1v) is 9.79. The van der Waals surface area contributed by atoms with E-state index in [1.54, 1.807) is 7.05 Å². The minimum Gasteiger partial charge on any atom is -0.357 e. The summed E-state index contributed by atoms with van der Waals surface area (Å²) < 4.78 is 2.59. The van der Waals surface area contributed by atoms with E-state index in [1.807, 2.05) is 4.90 Å². The Hall–Kier alpha value is -2.05. The molecule has 26 heavy (non-hydrogen) atoms. The van der Waals surface area contributed by atoms with E-state index in [2.05, 4.69) is 5.32 Å². The molecule has 1 amide bonds. The number of aromatic nitrogens is 2. The third-order valence-electron chi connectivity index (χ3n) is 5.82. The molecule has 1 aromatic heterocycles. The van der Waals surface area contributed by atoms with Gasteiger partial charge in [0.05, 0.1) is 5.92 Å². The molecule has 2 heterocycles. The van der Waals surface area contributed by atoms with Crippen molar-refractivity contribution in [1.29, 1.82) is 0 Å². The summed E-state index contributed by atoms with van der Waals surface area (Å²) in [6.45, 7) is 1.31. The molecule has 0 spiro atoms. The van der Waals surface area contributed by atoms with Gasteiger partial charge in [0.15, 0.2) is 0 Å². The second kappa shape index (κ2) is 8.10. The molecule has 144 valence electrons. The molecule has 0 radical (unpaired) electrons. The highest BCUT2D eigenvalue weighted by molar-refractivity contribution is 5.79. The summed E-state index contributed by atoms with van der Waals surface area (Å²) in [6.07, 6.45) is 8.80. The van der Waals surface area contributed by atoms with Crippen molar-refractivity contribution in [2.45, 2.75) is 57.4 Å². The molecule has 1 aliphatic carbocycles. The summed E-state index contributed by atoms with van der Waals surface area (Å²) in [6, 6.07) is 1.79. The van der Waals surface area contributed by atoms with Gasteiger partial charge in [-0.25, -0.2) is 4.79 Å². The smallest absolute Gasteiger partial charge is 0.332 e. The van der Waals surface area contributed by atoms with Gasteiger partial charge in [-0.05, 0) is 25.7 Å². The number of carbonyl (C=O) groups is 1. The number of piperidine rings is 1. The molecule has 3 rings (SSSR count). The lowest BCUT2D eigenvalue weighted by Crippen LogP contribution is -2.48. The molecule has 2 fully saturated rings. The Morgan fingerprint density at radius 3 is 2.38 bits per heavy atom. The molecule has 1 saturated heterocycles. The van der Waals surface area contributed by atoms with Crippen molar-refractivity contribution >= 4 is 11.7 Å². The van der Waals surface area contributed by atoms with Crippen molar-refractivity contribution in [2.75, 3.05) is 18.0 Å². The Bertz CT molecular complexity index is 759. The summed E-state index contributed by atoms with van der Waals surface area (Å²) in [7, 11) is 3.15. The first kappa shape index (κ1) is 18.7. The molecule has 2 aliphatic rings. The van der Waals surface area contributed by atoms with Crippen LogP contribution >= 0.6 is 0 Å². The zero-order chi connectivity index (χ0) is 18.7. The van der Waals surface area contributed by atoms with Crippen molar-refractivity contribution in [2.24, 2.45) is 20.0 Å². The minimum absolute atomic E-state index is 0.0915. The number of nitrogens with zero attached hydrogens (tertiary/aromatic N) is 3. The average Bonchev–Trinajstić information content (AvgIpc) is 2.91. The third kappa shape index (κ3) is 4.02. The topological polar surface area (TPSA) is 76.3 Å². The number of amides is 1. The molecular formula is C19H30N4O3. The fourth-order valence-corrected chi connectivity index (χ4v) is 4.17. The normalized spacial score (nSPS) is 22.1. The molecule has 1 aromatic rings. The predicted octanol–water partition coefficient (Wildman–Crippen LogP) is 1.14. The first-order valence-electron chi connectivity index (χ1n) is 9.79. The number of hydrogen-bond donors (Lipinski definition) is 1. The molecule has 1 N–H and O–H groups in total. The fraction of sp³-hybridized carbons (Fsp3) is 0.737. The lowest BCUT2D eigenvalue weighted by atomic mass is 9.96. The van der Waals surface area contributed by atoms with Gasteiger partial charge in [-0.3, -0.25) is 18.7 Å². The van der Waals surface area contributed by atoms with Gasteiger partial charge in [0.25, 0.3) is 5.56 Å². The lowest BCUT2D eigenvalue weighted by molar-refractivity contribution is -0.126. The maximum atomic E-state index is 12.8. The highest BCUT2D eigenvalue weighted by Gasteiger charge is 2.29. The number of rotatable bonds is 3. The Morgan fingerprint density at radius 1 is 1.00 bits per heavy atom. The quantitative estimate of drug-likeness (QED) is 0.818. The summed E-state index contributed by atoms with van der Waals surface area (Å²) in [4.78, 5) is 39.0. The predicted molar refractivity (Wildman–Crippen MR) is 101 cm³/mol. The zero-order valence-corrected chi connectivity index (χ0v) is 15.9. The maximum absolute atomic E-state index is 12.8. The van der Waals surface area contributed by atoms with E-state index in [-0.39, 0.29) is 23.1 Å². The minimum atomic E-state index is -0.336. The van der Waals surface area contributed by atoms with Gasteiger partial charge in [0.2, 0.25) is 5.91 Å². The van der Waals surface area contributed by atoms with Crippen molar-refractivity contribution in [3.63, 3.8) is 0 Å². The van der Waals surface area contributed by atoms with E-state index >= 15 is 0 Å². The Labute approximate surface area is 154 Å². The van der Waals surface area contributed by atoms with Crippen molar-refractivity contribution in [3.05, 3.63) is 26.9 Å². The monoisotopic (exact) mass is 362 g/mol. The van der Waals surface area contributed by atoms with E-state index in [1.165, 1.54) is 43.4 Å². The average molecular weight is 362 g/mol. The fourth-order valence-electron chi connectivity index (χ4n) is 4.17. The second-order valence-corrected chi connectivity index (χ2v) is 7.72. The second-order valence-electron chi connectivity index (χ2n) is 7.72.